The summed E-state index contributed by atoms with van der Waals surface area (Å²) in [7, 11) is 0. The standard InChI is InChI=1S/C18H23N3O/c1-13(2)15-6-8-16(9-7-15)21-14(3)12-17(19-21)18(22)20-10-4-5-11-20/h6-9,12-13H,4-5,10-11H2,1-3H3. The van der Waals surface area contributed by atoms with E-state index in [-0.39, 0.29) is 5.91 Å². The molecule has 0 atom stereocenters. The molecule has 0 spiro atoms. The molecule has 1 aromatic heterocycles. The van der Waals surface area contributed by atoms with Crippen LogP contribution in [0.25, 0.3) is 5.69 Å². The predicted octanol–water partition coefficient (Wildman–Crippen LogP) is 3.54. The van der Waals surface area contributed by atoms with Crippen LogP contribution >= 0.6 is 0 Å². The summed E-state index contributed by atoms with van der Waals surface area (Å²) in [4.78, 5) is 14.3. The van der Waals surface area contributed by atoms with E-state index in [4.69, 9.17) is 0 Å². The van der Waals surface area contributed by atoms with Crippen LogP contribution in [0.3, 0.4) is 0 Å². The molecule has 4 heteroatoms. The van der Waals surface area contributed by atoms with E-state index in [0.29, 0.717) is 11.6 Å². The van der Waals surface area contributed by atoms with Gasteiger partial charge in [0.15, 0.2) is 5.69 Å². The summed E-state index contributed by atoms with van der Waals surface area (Å²) < 4.78 is 1.85. The van der Waals surface area contributed by atoms with Crippen LogP contribution in [-0.4, -0.2) is 33.7 Å². The van der Waals surface area contributed by atoms with Crippen LogP contribution in [0.5, 0.6) is 0 Å². The second kappa shape index (κ2) is 5.95. The Morgan fingerprint density at radius 3 is 2.36 bits per heavy atom. The maximum atomic E-state index is 12.4. The van der Waals surface area contributed by atoms with Crippen molar-refractivity contribution in [1.29, 1.82) is 0 Å². The van der Waals surface area contributed by atoms with Crippen LogP contribution < -0.4 is 0 Å². The minimum atomic E-state index is 0.0538. The normalized spacial score (nSPS) is 14.8. The second-order valence-corrected chi connectivity index (χ2v) is 6.33. The SMILES string of the molecule is Cc1cc(C(=O)N2CCCC2)nn1-c1ccc(C(C)C)cc1. The summed E-state index contributed by atoms with van der Waals surface area (Å²) in [6.45, 7) is 8.06. The summed E-state index contributed by atoms with van der Waals surface area (Å²) in [5, 5.41) is 4.52. The highest BCUT2D eigenvalue weighted by molar-refractivity contribution is 5.92. The summed E-state index contributed by atoms with van der Waals surface area (Å²) in [6.07, 6.45) is 2.20. The number of nitrogens with zero attached hydrogens (tertiary/aromatic N) is 3. The quantitative estimate of drug-likeness (QED) is 0.869. The van der Waals surface area contributed by atoms with Crippen LogP contribution in [0.4, 0.5) is 0 Å². The van der Waals surface area contributed by atoms with Gasteiger partial charge in [0, 0.05) is 18.8 Å². The Bertz CT molecular complexity index is 664. The van der Waals surface area contributed by atoms with Crippen molar-refractivity contribution >= 4 is 5.91 Å². The van der Waals surface area contributed by atoms with E-state index in [1.807, 2.05) is 22.6 Å². The molecule has 4 nitrogen and oxygen atoms in total. The third-order valence-corrected chi connectivity index (χ3v) is 4.30. The number of likely N-dealkylation sites (tertiary alicyclic amines) is 1. The first-order valence-electron chi connectivity index (χ1n) is 8.02. The zero-order chi connectivity index (χ0) is 15.7. The highest BCUT2D eigenvalue weighted by atomic mass is 16.2. The monoisotopic (exact) mass is 297 g/mol. The highest BCUT2D eigenvalue weighted by Crippen LogP contribution is 2.19. The molecule has 3 rings (SSSR count). The first-order chi connectivity index (χ1) is 10.6. The fourth-order valence-electron chi connectivity index (χ4n) is 2.92. The van der Waals surface area contributed by atoms with Crippen molar-refractivity contribution < 1.29 is 4.79 Å². The number of aromatic nitrogens is 2. The molecule has 2 heterocycles. The van der Waals surface area contributed by atoms with Gasteiger partial charge in [0.1, 0.15) is 0 Å². The lowest BCUT2D eigenvalue weighted by molar-refractivity contribution is 0.0786. The number of hydrogen-bond donors (Lipinski definition) is 0. The lowest BCUT2D eigenvalue weighted by Crippen LogP contribution is -2.28. The molecule has 0 unspecified atom stereocenters. The molecule has 116 valence electrons. The zero-order valence-electron chi connectivity index (χ0n) is 13.5. The lowest BCUT2D eigenvalue weighted by Gasteiger charge is -2.12. The Morgan fingerprint density at radius 2 is 1.77 bits per heavy atom. The van der Waals surface area contributed by atoms with E-state index in [2.05, 4.69) is 43.2 Å². The number of carbonyl (C=O) groups excluding carboxylic acids is 1. The third kappa shape index (κ3) is 2.78. The number of hydrogen-bond acceptors (Lipinski definition) is 2. The van der Waals surface area contributed by atoms with Crippen molar-refractivity contribution in [3.8, 4) is 5.69 Å². The fourth-order valence-corrected chi connectivity index (χ4v) is 2.92. The molecular weight excluding hydrogens is 274 g/mol. The van der Waals surface area contributed by atoms with E-state index in [1.54, 1.807) is 0 Å². The third-order valence-electron chi connectivity index (χ3n) is 4.30. The Balaban J connectivity index is 1.87. The topological polar surface area (TPSA) is 38.1 Å². The number of carbonyl (C=O) groups is 1. The second-order valence-electron chi connectivity index (χ2n) is 6.33. The van der Waals surface area contributed by atoms with E-state index >= 15 is 0 Å². The van der Waals surface area contributed by atoms with Gasteiger partial charge in [0.2, 0.25) is 0 Å². The van der Waals surface area contributed by atoms with E-state index in [0.717, 1.165) is 37.3 Å². The van der Waals surface area contributed by atoms with Crippen molar-refractivity contribution in [2.75, 3.05) is 13.1 Å². The molecule has 1 aliphatic heterocycles. The fraction of sp³-hybridized carbons (Fsp3) is 0.444. The van der Waals surface area contributed by atoms with E-state index in [1.165, 1.54) is 5.56 Å². The smallest absolute Gasteiger partial charge is 0.274 e. The van der Waals surface area contributed by atoms with Gasteiger partial charge in [-0.3, -0.25) is 4.79 Å². The van der Waals surface area contributed by atoms with Gasteiger partial charge in [-0.1, -0.05) is 26.0 Å². The summed E-state index contributed by atoms with van der Waals surface area (Å²) in [5.74, 6) is 0.568. The van der Waals surface area contributed by atoms with Gasteiger partial charge < -0.3 is 4.90 Å². The molecule has 1 amide bonds. The molecule has 0 bridgehead atoms. The Labute approximate surface area is 131 Å². The summed E-state index contributed by atoms with van der Waals surface area (Å²) >= 11 is 0. The highest BCUT2D eigenvalue weighted by Gasteiger charge is 2.22. The van der Waals surface area contributed by atoms with Gasteiger partial charge in [-0.2, -0.15) is 5.10 Å². The molecule has 1 fully saturated rings. The van der Waals surface area contributed by atoms with E-state index in [9.17, 15) is 4.79 Å². The molecular formula is C18H23N3O. The molecule has 0 N–H and O–H groups in total. The number of rotatable bonds is 3. The average Bonchev–Trinajstić information content (AvgIpc) is 3.16. The number of amides is 1. The van der Waals surface area contributed by atoms with Crippen molar-refractivity contribution in [1.82, 2.24) is 14.7 Å². The summed E-state index contributed by atoms with van der Waals surface area (Å²) in [5.41, 5.74) is 3.84. The van der Waals surface area contributed by atoms with Gasteiger partial charge >= 0.3 is 0 Å². The molecule has 0 radical (unpaired) electrons. The van der Waals surface area contributed by atoms with Crippen molar-refractivity contribution in [2.24, 2.45) is 0 Å². The number of aryl methyl sites for hydroxylation is 1. The van der Waals surface area contributed by atoms with Gasteiger partial charge in [0.25, 0.3) is 5.91 Å². The number of benzene rings is 1. The Kier molecular flexibility index (Phi) is 4.01. The summed E-state index contributed by atoms with van der Waals surface area (Å²) in [6, 6.07) is 10.3. The largest absolute Gasteiger partial charge is 0.337 e. The predicted molar refractivity (Wildman–Crippen MR) is 87.5 cm³/mol. The van der Waals surface area contributed by atoms with Crippen LogP contribution in [0, 0.1) is 6.92 Å². The van der Waals surface area contributed by atoms with Gasteiger partial charge in [-0.15, -0.1) is 0 Å². The lowest BCUT2D eigenvalue weighted by atomic mass is 10.0. The molecule has 0 saturated carbocycles. The van der Waals surface area contributed by atoms with E-state index < -0.39 is 0 Å². The molecule has 1 saturated heterocycles. The molecule has 1 aliphatic rings. The van der Waals surface area contributed by atoms with Crippen LogP contribution in [0.15, 0.2) is 30.3 Å². The molecule has 2 aromatic rings. The Hall–Kier alpha value is -2.10. The van der Waals surface area contributed by atoms with Crippen molar-refractivity contribution in [2.45, 2.75) is 39.5 Å². The maximum Gasteiger partial charge on any atom is 0.274 e. The maximum absolute atomic E-state index is 12.4. The minimum absolute atomic E-state index is 0.0538. The zero-order valence-corrected chi connectivity index (χ0v) is 13.5. The van der Waals surface area contributed by atoms with Gasteiger partial charge in [0.05, 0.1) is 5.69 Å². The van der Waals surface area contributed by atoms with Gasteiger partial charge in [-0.25, -0.2) is 4.68 Å². The molecule has 1 aromatic carbocycles. The van der Waals surface area contributed by atoms with Crippen molar-refractivity contribution in [3.63, 3.8) is 0 Å². The minimum Gasteiger partial charge on any atom is -0.337 e. The average molecular weight is 297 g/mol. The molecule has 0 aliphatic carbocycles. The van der Waals surface area contributed by atoms with Crippen LogP contribution in [0.2, 0.25) is 0 Å². The van der Waals surface area contributed by atoms with Crippen LogP contribution in [0.1, 0.15) is 54.4 Å². The van der Waals surface area contributed by atoms with Crippen molar-refractivity contribution in [3.05, 3.63) is 47.3 Å². The van der Waals surface area contributed by atoms with Crippen LogP contribution in [-0.2, 0) is 0 Å². The van der Waals surface area contributed by atoms with Gasteiger partial charge in [-0.05, 0) is 49.4 Å². The first kappa shape index (κ1) is 14.8. The molecule has 22 heavy (non-hydrogen) atoms. The first-order valence-corrected chi connectivity index (χ1v) is 8.02. The Morgan fingerprint density at radius 1 is 1.14 bits per heavy atom.